The Hall–Kier alpha value is -8.92. The highest BCUT2D eigenvalue weighted by Gasteiger charge is 2.24. The maximum absolute atomic E-state index is 7.00. The van der Waals surface area contributed by atoms with E-state index in [0.717, 1.165) is 95.3 Å². The third-order valence-electron chi connectivity index (χ3n) is 12.8. The van der Waals surface area contributed by atoms with Crippen LogP contribution in [-0.4, -0.2) is 0 Å². The van der Waals surface area contributed by atoms with Gasteiger partial charge in [-0.05, 0) is 135 Å². The molecule has 1 aliphatic rings. The molecule has 1 aliphatic heterocycles. The SMILES string of the molecule is c1ccc(N(c2ccccc2)c2ccc(-c3ccc(-c4cc5c6c(cccc6c4)-c4cccc(-c6ccc(-c7ccc(N(c8ccccc8)c8ccccc8)cc7)cc6)c4O5)cc3)cc2)cc1. The van der Waals surface area contributed by atoms with E-state index in [2.05, 4.69) is 277 Å². The number of para-hydroxylation sites is 5. The lowest BCUT2D eigenvalue weighted by atomic mass is 9.89. The molecule has 316 valence electrons. The minimum Gasteiger partial charge on any atom is -0.455 e. The van der Waals surface area contributed by atoms with Crippen molar-refractivity contribution in [3.8, 4) is 67.1 Å². The van der Waals surface area contributed by atoms with Crippen LogP contribution in [0.25, 0.3) is 66.4 Å². The number of anilines is 6. The van der Waals surface area contributed by atoms with Gasteiger partial charge in [0.05, 0.1) is 0 Å². The molecule has 0 radical (unpaired) electrons. The summed E-state index contributed by atoms with van der Waals surface area (Å²) in [4.78, 5) is 4.58. The molecule has 1 heterocycles. The van der Waals surface area contributed by atoms with Crippen LogP contribution in [0, 0.1) is 0 Å². The number of rotatable bonds is 10. The maximum Gasteiger partial charge on any atom is 0.143 e. The molecule has 11 aromatic rings. The van der Waals surface area contributed by atoms with E-state index in [1.807, 2.05) is 0 Å². The number of hydrogen-bond acceptors (Lipinski definition) is 3. The van der Waals surface area contributed by atoms with Crippen LogP contribution in [0.4, 0.5) is 34.1 Å². The molecule has 0 atom stereocenters. The lowest BCUT2D eigenvalue weighted by Gasteiger charge is -2.25. The Morgan fingerprint density at radius 1 is 0.239 bits per heavy atom. The van der Waals surface area contributed by atoms with Crippen LogP contribution in [-0.2, 0) is 0 Å². The van der Waals surface area contributed by atoms with Gasteiger partial charge in [0, 0.05) is 50.6 Å². The van der Waals surface area contributed by atoms with Crippen molar-refractivity contribution >= 4 is 44.9 Å². The van der Waals surface area contributed by atoms with Gasteiger partial charge in [0.25, 0.3) is 0 Å². The minimum atomic E-state index is 0.876. The Morgan fingerprint density at radius 3 is 1.03 bits per heavy atom. The highest BCUT2D eigenvalue weighted by molar-refractivity contribution is 6.07. The van der Waals surface area contributed by atoms with Crippen molar-refractivity contribution in [2.45, 2.75) is 0 Å². The number of hydrogen-bond donors (Lipinski definition) is 0. The van der Waals surface area contributed by atoms with E-state index >= 15 is 0 Å². The van der Waals surface area contributed by atoms with Crippen molar-refractivity contribution in [3.63, 3.8) is 0 Å². The van der Waals surface area contributed by atoms with Crippen molar-refractivity contribution in [1.82, 2.24) is 0 Å². The van der Waals surface area contributed by atoms with E-state index in [1.54, 1.807) is 0 Å². The van der Waals surface area contributed by atoms with Crippen LogP contribution in [0.15, 0.2) is 267 Å². The summed E-state index contributed by atoms with van der Waals surface area (Å²) < 4.78 is 7.00. The summed E-state index contributed by atoms with van der Waals surface area (Å²) >= 11 is 0. The van der Waals surface area contributed by atoms with E-state index < -0.39 is 0 Å². The standard InChI is InChI=1S/C64H44N2O/c1-5-16-53(17-6-1)65(54-18-7-2-8-19-54)57-39-35-47(36-40-57)45-27-29-49(30-28-45)52-43-51-15-13-25-60-61-26-14-24-59(64(61)67-62(44-52)63(51)60)50-33-31-46(32-34-50)48-37-41-58(42-38-48)66(55-20-9-3-10-21-55)56-22-11-4-12-23-56/h1-44H. The van der Waals surface area contributed by atoms with Crippen molar-refractivity contribution in [3.05, 3.63) is 267 Å². The van der Waals surface area contributed by atoms with Crippen LogP contribution in [0.5, 0.6) is 11.5 Å². The number of ether oxygens (including phenoxy) is 1. The Morgan fingerprint density at radius 2 is 0.582 bits per heavy atom. The van der Waals surface area contributed by atoms with Gasteiger partial charge >= 0.3 is 0 Å². The van der Waals surface area contributed by atoms with Crippen LogP contribution < -0.4 is 14.5 Å². The number of nitrogens with zero attached hydrogens (tertiary/aromatic N) is 2. The molecule has 12 rings (SSSR count). The third-order valence-corrected chi connectivity index (χ3v) is 12.8. The van der Waals surface area contributed by atoms with E-state index in [4.69, 9.17) is 4.74 Å². The van der Waals surface area contributed by atoms with Crippen molar-refractivity contribution < 1.29 is 4.74 Å². The second-order valence-corrected chi connectivity index (χ2v) is 16.9. The average Bonchev–Trinajstić information content (AvgIpc) is 3.40. The van der Waals surface area contributed by atoms with E-state index in [1.165, 1.54) is 16.7 Å². The van der Waals surface area contributed by atoms with Crippen LogP contribution >= 0.6 is 0 Å². The summed E-state index contributed by atoms with van der Waals surface area (Å²) in [5.74, 6) is 1.76. The van der Waals surface area contributed by atoms with Gasteiger partial charge in [0.1, 0.15) is 11.5 Å². The van der Waals surface area contributed by atoms with E-state index in [9.17, 15) is 0 Å². The summed E-state index contributed by atoms with van der Waals surface area (Å²) in [5.41, 5.74) is 18.1. The Bertz CT molecular complexity index is 3400. The summed E-state index contributed by atoms with van der Waals surface area (Å²) in [6, 6.07) is 95.1. The van der Waals surface area contributed by atoms with Gasteiger partial charge in [-0.1, -0.05) is 182 Å². The third kappa shape index (κ3) is 7.59. The first-order valence-electron chi connectivity index (χ1n) is 22.8. The second-order valence-electron chi connectivity index (χ2n) is 16.9. The first-order valence-corrected chi connectivity index (χ1v) is 22.8. The molecule has 0 spiro atoms. The number of benzene rings is 11. The molecule has 0 aliphatic carbocycles. The van der Waals surface area contributed by atoms with Gasteiger partial charge < -0.3 is 14.5 Å². The summed E-state index contributed by atoms with van der Waals surface area (Å²) in [5, 5.41) is 2.30. The molecule has 0 bridgehead atoms. The maximum atomic E-state index is 7.00. The molecule has 0 N–H and O–H groups in total. The van der Waals surface area contributed by atoms with Gasteiger partial charge in [0.15, 0.2) is 0 Å². The predicted octanol–water partition coefficient (Wildman–Crippen LogP) is 18.2. The normalized spacial score (nSPS) is 11.4. The van der Waals surface area contributed by atoms with Crippen LogP contribution in [0.3, 0.4) is 0 Å². The highest BCUT2D eigenvalue weighted by atomic mass is 16.5. The summed E-state index contributed by atoms with van der Waals surface area (Å²) in [6.45, 7) is 0. The Labute approximate surface area is 391 Å². The molecule has 3 nitrogen and oxygen atoms in total. The summed E-state index contributed by atoms with van der Waals surface area (Å²) in [6.07, 6.45) is 0. The second kappa shape index (κ2) is 17.2. The molecule has 0 fully saturated rings. The Kier molecular flexibility index (Phi) is 10.2. The predicted molar refractivity (Wildman–Crippen MR) is 281 cm³/mol. The molecule has 3 heteroatoms. The monoisotopic (exact) mass is 856 g/mol. The van der Waals surface area contributed by atoms with Crippen LogP contribution in [0.1, 0.15) is 0 Å². The first-order chi connectivity index (χ1) is 33.2. The average molecular weight is 857 g/mol. The van der Waals surface area contributed by atoms with Crippen molar-refractivity contribution in [2.24, 2.45) is 0 Å². The molecule has 0 amide bonds. The summed E-state index contributed by atoms with van der Waals surface area (Å²) in [7, 11) is 0. The molecule has 0 aromatic heterocycles. The molecule has 67 heavy (non-hydrogen) atoms. The molecule has 0 saturated heterocycles. The lowest BCUT2D eigenvalue weighted by Crippen LogP contribution is -2.09. The highest BCUT2D eigenvalue weighted by Crippen LogP contribution is 2.51. The topological polar surface area (TPSA) is 15.7 Å². The molecular weight excluding hydrogens is 813 g/mol. The lowest BCUT2D eigenvalue weighted by molar-refractivity contribution is 0.489. The number of fused-ring (bicyclic) bond motifs is 2. The van der Waals surface area contributed by atoms with Gasteiger partial charge in [-0.3, -0.25) is 0 Å². The smallest absolute Gasteiger partial charge is 0.143 e. The fraction of sp³-hybridized carbons (Fsp3) is 0. The fourth-order valence-electron chi connectivity index (χ4n) is 9.56. The fourth-order valence-corrected chi connectivity index (χ4v) is 9.56. The zero-order valence-corrected chi connectivity index (χ0v) is 36.7. The molecular formula is C64H44N2O. The molecule has 11 aromatic carbocycles. The van der Waals surface area contributed by atoms with Gasteiger partial charge in [-0.2, -0.15) is 0 Å². The largest absolute Gasteiger partial charge is 0.455 e. The van der Waals surface area contributed by atoms with Crippen LogP contribution in [0.2, 0.25) is 0 Å². The zero-order valence-electron chi connectivity index (χ0n) is 36.7. The van der Waals surface area contributed by atoms with Gasteiger partial charge in [0.2, 0.25) is 0 Å². The minimum absolute atomic E-state index is 0.876. The Balaban J connectivity index is 0.809. The van der Waals surface area contributed by atoms with E-state index in [-0.39, 0.29) is 0 Å². The van der Waals surface area contributed by atoms with Gasteiger partial charge in [-0.15, -0.1) is 0 Å². The van der Waals surface area contributed by atoms with Crippen molar-refractivity contribution in [1.29, 1.82) is 0 Å². The first kappa shape index (κ1) is 39.7. The van der Waals surface area contributed by atoms with Crippen molar-refractivity contribution in [2.75, 3.05) is 9.80 Å². The molecule has 0 unspecified atom stereocenters. The van der Waals surface area contributed by atoms with E-state index in [0.29, 0.717) is 0 Å². The zero-order chi connectivity index (χ0) is 44.5. The van der Waals surface area contributed by atoms with Gasteiger partial charge in [-0.25, -0.2) is 0 Å². The quantitative estimate of drug-likeness (QED) is 0.136. The molecule has 0 saturated carbocycles.